The molecule has 1 aromatic rings. The maximum atomic E-state index is 12.2. The minimum atomic E-state index is -0.419. The fraction of sp³-hybridized carbons (Fsp3) is 0.583. The SMILES string of the molecule is CC(C)c1ncc(Cl)c(C(=O)N(CCO)CCO)n1. The van der Waals surface area contributed by atoms with Crippen LogP contribution in [0.3, 0.4) is 0 Å². The van der Waals surface area contributed by atoms with Crippen molar-refractivity contribution in [2.45, 2.75) is 19.8 Å². The van der Waals surface area contributed by atoms with Gasteiger partial charge in [-0.25, -0.2) is 9.97 Å². The van der Waals surface area contributed by atoms with Crippen LogP contribution in [-0.4, -0.2) is 57.3 Å². The Morgan fingerprint density at radius 2 is 1.95 bits per heavy atom. The third kappa shape index (κ3) is 4.12. The Hall–Kier alpha value is -1.24. The van der Waals surface area contributed by atoms with Gasteiger partial charge in [-0.3, -0.25) is 4.79 Å². The monoisotopic (exact) mass is 287 g/mol. The third-order valence-electron chi connectivity index (χ3n) is 2.51. The van der Waals surface area contributed by atoms with Crippen molar-refractivity contribution < 1.29 is 15.0 Å². The summed E-state index contributed by atoms with van der Waals surface area (Å²) < 4.78 is 0. The summed E-state index contributed by atoms with van der Waals surface area (Å²) >= 11 is 5.94. The van der Waals surface area contributed by atoms with Gasteiger partial charge in [0.1, 0.15) is 5.82 Å². The first-order valence-corrected chi connectivity index (χ1v) is 6.42. The molecule has 0 aromatic carbocycles. The van der Waals surface area contributed by atoms with E-state index < -0.39 is 5.91 Å². The molecule has 0 radical (unpaired) electrons. The summed E-state index contributed by atoms with van der Waals surface area (Å²) in [6, 6.07) is 0. The molecular weight excluding hydrogens is 270 g/mol. The number of nitrogens with zero attached hydrogens (tertiary/aromatic N) is 3. The second kappa shape index (κ2) is 7.37. The van der Waals surface area contributed by atoms with Gasteiger partial charge in [0.2, 0.25) is 0 Å². The highest BCUT2D eigenvalue weighted by molar-refractivity contribution is 6.33. The van der Waals surface area contributed by atoms with Crippen molar-refractivity contribution in [2.24, 2.45) is 0 Å². The van der Waals surface area contributed by atoms with Crippen molar-refractivity contribution >= 4 is 17.5 Å². The van der Waals surface area contributed by atoms with Crippen molar-refractivity contribution in [3.8, 4) is 0 Å². The molecule has 0 atom stereocenters. The van der Waals surface area contributed by atoms with Gasteiger partial charge in [-0.05, 0) is 0 Å². The van der Waals surface area contributed by atoms with E-state index in [-0.39, 0.29) is 42.9 Å². The lowest BCUT2D eigenvalue weighted by Crippen LogP contribution is -2.36. The van der Waals surface area contributed by atoms with Gasteiger partial charge in [-0.15, -0.1) is 0 Å². The summed E-state index contributed by atoms with van der Waals surface area (Å²) in [4.78, 5) is 21.8. The van der Waals surface area contributed by atoms with Crippen LogP contribution in [-0.2, 0) is 0 Å². The summed E-state index contributed by atoms with van der Waals surface area (Å²) in [5.41, 5.74) is 0.0993. The minimum Gasteiger partial charge on any atom is -0.395 e. The van der Waals surface area contributed by atoms with E-state index in [1.165, 1.54) is 11.1 Å². The van der Waals surface area contributed by atoms with E-state index in [1.54, 1.807) is 0 Å². The largest absolute Gasteiger partial charge is 0.395 e. The fourth-order valence-corrected chi connectivity index (χ4v) is 1.69. The predicted octanol–water partition coefficient (Wildman–Crippen LogP) is 0.680. The molecule has 0 saturated carbocycles. The number of amides is 1. The summed E-state index contributed by atoms with van der Waals surface area (Å²) in [6.07, 6.45) is 1.40. The van der Waals surface area contributed by atoms with Crippen LogP contribution in [0.15, 0.2) is 6.20 Å². The van der Waals surface area contributed by atoms with Crippen LogP contribution in [0.1, 0.15) is 36.1 Å². The van der Waals surface area contributed by atoms with Crippen LogP contribution in [0.4, 0.5) is 0 Å². The van der Waals surface area contributed by atoms with E-state index in [2.05, 4.69) is 9.97 Å². The molecule has 7 heteroatoms. The molecule has 0 fully saturated rings. The van der Waals surface area contributed by atoms with Gasteiger partial charge in [0, 0.05) is 19.0 Å². The zero-order valence-electron chi connectivity index (χ0n) is 11.0. The van der Waals surface area contributed by atoms with Gasteiger partial charge in [0.05, 0.1) is 24.4 Å². The van der Waals surface area contributed by atoms with Gasteiger partial charge in [0.15, 0.2) is 5.69 Å². The van der Waals surface area contributed by atoms with Gasteiger partial charge < -0.3 is 15.1 Å². The van der Waals surface area contributed by atoms with E-state index >= 15 is 0 Å². The van der Waals surface area contributed by atoms with Gasteiger partial charge >= 0.3 is 0 Å². The van der Waals surface area contributed by atoms with Crippen LogP contribution in [0.5, 0.6) is 0 Å². The average molecular weight is 288 g/mol. The van der Waals surface area contributed by atoms with Crippen LogP contribution in [0, 0.1) is 0 Å². The van der Waals surface area contributed by atoms with E-state index in [1.807, 2.05) is 13.8 Å². The third-order valence-corrected chi connectivity index (χ3v) is 2.79. The number of hydrogen-bond donors (Lipinski definition) is 2. The van der Waals surface area contributed by atoms with Crippen molar-refractivity contribution in [1.29, 1.82) is 0 Å². The minimum absolute atomic E-state index is 0.0768. The van der Waals surface area contributed by atoms with E-state index in [4.69, 9.17) is 21.8 Å². The highest BCUT2D eigenvalue weighted by Gasteiger charge is 2.21. The molecule has 0 saturated heterocycles. The van der Waals surface area contributed by atoms with Gasteiger partial charge in [-0.1, -0.05) is 25.4 Å². The summed E-state index contributed by atoms with van der Waals surface area (Å²) in [6.45, 7) is 3.69. The zero-order valence-corrected chi connectivity index (χ0v) is 11.8. The number of aliphatic hydroxyl groups is 2. The predicted molar refractivity (Wildman–Crippen MR) is 71.2 cm³/mol. The maximum Gasteiger partial charge on any atom is 0.274 e. The van der Waals surface area contributed by atoms with E-state index in [9.17, 15) is 4.79 Å². The zero-order chi connectivity index (χ0) is 14.4. The van der Waals surface area contributed by atoms with E-state index in [0.29, 0.717) is 5.82 Å². The molecule has 0 unspecified atom stereocenters. The number of aliphatic hydroxyl groups excluding tert-OH is 2. The number of carbonyl (C=O) groups is 1. The first-order chi connectivity index (χ1) is 9.01. The Balaban J connectivity index is 3.05. The van der Waals surface area contributed by atoms with Gasteiger partial charge in [-0.2, -0.15) is 0 Å². The Morgan fingerprint density at radius 3 is 2.42 bits per heavy atom. The maximum absolute atomic E-state index is 12.2. The first kappa shape index (κ1) is 15.8. The smallest absolute Gasteiger partial charge is 0.274 e. The Bertz CT molecular complexity index is 434. The Morgan fingerprint density at radius 1 is 1.37 bits per heavy atom. The molecule has 106 valence electrons. The molecule has 1 heterocycles. The molecule has 0 aliphatic rings. The van der Waals surface area contributed by atoms with Crippen LogP contribution < -0.4 is 0 Å². The van der Waals surface area contributed by atoms with E-state index in [0.717, 1.165) is 0 Å². The Labute approximate surface area is 117 Å². The lowest BCUT2D eigenvalue weighted by Gasteiger charge is -2.20. The van der Waals surface area contributed by atoms with Crippen LogP contribution in [0.25, 0.3) is 0 Å². The molecule has 0 spiro atoms. The number of aromatic nitrogens is 2. The number of hydrogen-bond acceptors (Lipinski definition) is 5. The summed E-state index contributed by atoms with van der Waals surface area (Å²) in [5.74, 6) is 0.186. The van der Waals surface area contributed by atoms with Crippen LogP contribution >= 0.6 is 11.6 Å². The highest BCUT2D eigenvalue weighted by Crippen LogP contribution is 2.17. The van der Waals surface area contributed by atoms with Crippen molar-refractivity contribution in [3.63, 3.8) is 0 Å². The summed E-state index contributed by atoms with van der Waals surface area (Å²) in [7, 11) is 0. The Kier molecular flexibility index (Phi) is 6.14. The van der Waals surface area contributed by atoms with Crippen molar-refractivity contribution in [2.75, 3.05) is 26.3 Å². The molecule has 19 heavy (non-hydrogen) atoms. The second-order valence-corrected chi connectivity index (χ2v) is 4.73. The van der Waals surface area contributed by atoms with Crippen molar-refractivity contribution in [1.82, 2.24) is 14.9 Å². The van der Waals surface area contributed by atoms with Crippen LogP contribution in [0.2, 0.25) is 5.02 Å². The molecule has 0 bridgehead atoms. The highest BCUT2D eigenvalue weighted by atomic mass is 35.5. The average Bonchev–Trinajstić information content (AvgIpc) is 2.38. The standard InChI is InChI=1S/C12H18ClN3O3/c1-8(2)11-14-7-9(13)10(15-11)12(19)16(3-5-17)4-6-18/h7-8,17-18H,3-6H2,1-2H3. The quantitative estimate of drug-likeness (QED) is 0.803. The van der Waals surface area contributed by atoms with Gasteiger partial charge in [0.25, 0.3) is 5.91 Å². The lowest BCUT2D eigenvalue weighted by molar-refractivity contribution is 0.0678. The topological polar surface area (TPSA) is 86.6 Å². The second-order valence-electron chi connectivity index (χ2n) is 4.32. The molecule has 1 amide bonds. The normalized spacial score (nSPS) is 10.8. The van der Waals surface area contributed by atoms with Crippen molar-refractivity contribution in [3.05, 3.63) is 22.7 Å². The molecule has 6 nitrogen and oxygen atoms in total. The fourth-order valence-electron chi connectivity index (χ4n) is 1.52. The molecule has 2 N–H and O–H groups in total. The molecule has 0 aliphatic heterocycles. The molecular formula is C12H18ClN3O3. The molecule has 0 aliphatic carbocycles. The number of rotatable bonds is 6. The number of carbonyl (C=O) groups excluding carboxylic acids is 1. The molecule has 1 rings (SSSR count). The summed E-state index contributed by atoms with van der Waals surface area (Å²) in [5, 5.41) is 18.0. The lowest BCUT2D eigenvalue weighted by atomic mass is 10.2. The first-order valence-electron chi connectivity index (χ1n) is 6.04. The number of halogens is 1. The molecule has 1 aromatic heterocycles.